The monoisotopic (exact) mass is 246 g/mol. The van der Waals surface area contributed by atoms with Crippen LogP contribution in [0.3, 0.4) is 0 Å². The van der Waals surface area contributed by atoms with Gasteiger partial charge in [-0.25, -0.2) is 4.98 Å². The van der Waals surface area contributed by atoms with Gasteiger partial charge in [0.2, 0.25) is 0 Å². The summed E-state index contributed by atoms with van der Waals surface area (Å²) in [7, 11) is 0. The Kier molecular flexibility index (Phi) is 3.64. The molecule has 0 atom stereocenters. The number of carbonyl (C=O) groups is 1. The van der Waals surface area contributed by atoms with Crippen molar-refractivity contribution in [2.75, 3.05) is 6.26 Å². The molecule has 1 heterocycles. The summed E-state index contributed by atoms with van der Waals surface area (Å²) in [5.41, 5.74) is 2.04. The zero-order valence-corrected chi connectivity index (χ0v) is 10.7. The second-order valence-corrected chi connectivity index (χ2v) is 4.73. The fourth-order valence-electron chi connectivity index (χ4n) is 1.61. The van der Waals surface area contributed by atoms with Crippen molar-refractivity contribution in [3.05, 3.63) is 36.3 Å². The SMILES string of the molecule is CSc1ccc(-c2cnc(CC(C)=O)[nH]2)cc1. The minimum atomic E-state index is 0.114. The van der Waals surface area contributed by atoms with Crippen LogP contribution in [-0.4, -0.2) is 22.0 Å². The zero-order valence-electron chi connectivity index (χ0n) is 9.86. The molecule has 0 spiro atoms. The number of H-pyrrole nitrogens is 1. The van der Waals surface area contributed by atoms with Gasteiger partial charge in [0.25, 0.3) is 0 Å². The van der Waals surface area contributed by atoms with Crippen LogP contribution in [0, 0.1) is 0 Å². The molecule has 0 aliphatic heterocycles. The highest BCUT2D eigenvalue weighted by atomic mass is 32.2. The Bertz CT molecular complexity index is 516. The molecule has 88 valence electrons. The Balaban J connectivity index is 2.21. The van der Waals surface area contributed by atoms with Gasteiger partial charge >= 0.3 is 0 Å². The third kappa shape index (κ3) is 2.97. The number of nitrogens with one attached hydrogen (secondary N) is 1. The van der Waals surface area contributed by atoms with E-state index in [0.29, 0.717) is 6.42 Å². The van der Waals surface area contributed by atoms with Crippen molar-refractivity contribution in [2.24, 2.45) is 0 Å². The van der Waals surface area contributed by atoms with E-state index in [2.05, 4.69) is 40.5 Å². The van der Waals surface area contributed by atoms with E-state index in [1.54, 1.807) is 24.9 Å². The van der Waals surface area contributed by atoms with E-state index in [1.807, 2.05) is 0 Å². The van der Waals surface area contributed by atoms with E-state index in [-0.39, 0.29) is 5.78 Å². The Morgan fingerprint density at radius 3 is 2.65 bits per heavy atom. The van der Waals surface area contributed by atoms with Gasteiger partial charge in [-0.05, 0) is 30.9 Å². The third-order valence-corrected chi connectivity index (χ3v) is 3.19. The van der Waals surface area contributed by atoms with Crippen LogP contribution in [0.4, 0.5) is 0 Å². The van der Waals surface area contributed by atoms with Gasteiger partial charge in [-0.2, -0.15) is 0 Å². The summed E-state index contributed by atoms with van der Waals surface area (Å²) in [5, 5.41) is 0. The summed E-state index contributed by atoms with van der Waals surface area (Å²) >= 11 is 1.72. The van der Waals surface area contributed by atoms with E-state index in [0.717, 1.165) is 17.1 Å². The number of ketones is 1. The molecule has 3 nitrogen and oxygen atoms in total. The standard InChI is InChI=1S/C13H14N2OS/c1-9(16)7-13-14-8-12(15-13)10-3-5-11(17-2)6-4-10/h3-6,8H,7H2,1-2H3,(H,14,15). The fourth-order valence-corrected chi connectivity index (χ4v) is 2.01. The van der Waals surface area contributed by atoms with Crippen molar-refractivity contribution in [2.45, 2.75) is 18.2 Å². The van der Waals surface area contributed by atoms with Gasteiger partial charge in [0, 0.05) is 4.90 Å². The maximum atomic E-state index is 11.0. The van der Waals surface area contributed by atoms with E-state index in [9.17, 15) is 4.79 Å². The molecule has 0 amide bonds. The normalized spacial score (nSPS) is 10.5. The Hall–Kier alpha value is -1.55. The lowest BCUT2D eigenvalue weighted by atomic mass is 10.2. The van der Waals surface area contributed by atoms with E-state index in [1.165, 1.54) is 4.90 Å². The first-order valence-corrected chi connectivity index (χ1v) is 6.59. The summed E-state index contributed by atoms with van der Waals surface area (Å²) in [4.78, 5) is 19.6. The van der Waals surface area contributed by atoms with Gasteiger partial charge < -0.3 is 4.98 Å². The van der Waals surface area contributed by atoms with Crippen molar-refractivity contribution in [1.29, 1.82) is 0 Å². The maximum absolute atomic E-state index is 11.0. The molecule has 0 bridgehead atoms. The van der Waals surface area contributed by atoms with Gasteiger partial charge in [-0.1, -0.05) is 12.1 Å². The number of imidazole rings is 1. The van der Waals surface area contributed by atoms with Gasteiger partial charge in [0.05, 0.1) is 18.3 Å². The van der Waals surface area contributed by atoms with Gasteiger partial charge in [-0.3, -0.25) is 4.79 Å². The molecule has 4 heteroatoms. The topological polar surface area (TPSA) is 45.8 Å². The number of rotatable bonds is 4. The Morgan fingerprint density at radius 2 is 2.06 bits per heavy atom. The van der Waals surface area contributed by atoms with Crippen LogP contribution in [0.15, 0.2) is 35.4 Å². The first kappa shape index (κ1) is 11.9. The average molecular weight is 246 g/mol. The molecular weight excluding hydrogens is 232 g/mol. The van der Waals surface area contributed by atoms with Crippen LogP contribution in [0.2, 0.25) is 0 Å². The van der Waals surface area contributed by atoms with Crippen LogP contribution in [-0.2, 0) is 11.2 Å². The van der Waals surface area contributed by atoms with Crippen LogP contribution in [0.5, 0.6) is 0 Å². The summed E-state index contributed by atoms with van der Waals surface area (Å²) in [6.07, 6.45) is 4.19. The molecule has 0 radical (unpaired) electrons. The molecule has 0 saturated heterocycles. The first-order valence-electron chi connectivity index (χ1n) is 5.37. The molecule has 0 aliphatic rings. The number of benzene rings is 1. The number of carbonyl (C=O) groups excluding carboxylic acids is 1. The van der Waals surface area contributed by atoms with Crippen LogP contribution >= 0.6 is 11.8 Å². The molecule has 1 N–H and O–H groups in total. The molecule has 0 fully saturated rings. The van der Waals surface area contributed by atoms with Gasteiger partial charge in [0.1, 0.15) is 11.6 Å². The molecular formula is C13H14N2OS. The predicted octanol–water partition coefficient (Wildman–Crippen LogP) is 2.93. The van der Waals surface area contributed by atoms with Crippen molar-refractivity contribution >= 4 is 17.5 Å². The lowest BCUT2D eigenvalue weighted by molar-refractivity contribution is -0.116. The minimum Gasteiger partial charge on any atom is -0.342 e. The molecule has 2 aromatic rings. The minimum absolute atomic E-state index is 0.114. The van der Waals surface area contributed by atoms with Crippen LogP contribution < -0.4 is 0 Å². The largest absolute Gasteiger partial charge is 0.342 e. The second-order valence-electron chi connectivity index (χ2n) is 3.85. The fraction of sp³-hybridized carbons (Fsp3) is 0.231. The predicted molar refractivity (Wildman–Crippen MR) is 70.2 cm³/mol. The Morgan fingerprint density at radius 1 is 1.35 bits per heavy atom. The number of hydrogen-bond acceptors (Lipinski definition) is 3. The second kappa shape index (κ2) is 5.19. The molecule has 0 aliphatic carbocycles. The van der Waals surface area contributed by atoms with Crippen molar-refractivity contribution in [1.82, 2.24) is 9.97 Å². The van der Waals surface area contributed by atoms with E-state index < -0.39 is 0 Å². The quantitative estimate of drug-likeness (QED) is 0.844. The zero-order chi connectivity index (χ0) is 12.3. The van der Waals surface area contributed by atoms with Crippen LogP contribution in [0.25, 0.3) is 11.3 Å². The van der Waals surface area contributed by atoms with Crippen molar-refractivity contribution in [3.63, 3.8) is 0 Å². The molecule has 1 aromatic heterocycles. The summed E-state index contributed by atoms with van der Waals surface area (Å²) in [5.74, 6) is 0.838. The smallest absolute Gasteiger partial charge is 0.137 e. The van der Waals surface area contributed by atoms with Crippen molar-refractivity contribution in [3.8, 4) is 11.3 Å². The molecule has 0 unspecified atom stereocenters. The van der Waals surface area contributed by atoms with E-state index >= 15 is 0 Å². The summed E-state index contributed by atoms with van der Waals surface area (Å²) in [6.45, 7) is 1.56. The lowest BCUT2D eigenvalue weighted by Gasteiger charge is -1.99. The highest BCUT2D eigenvalue weighted by Gasteiger charge is 2.05. The number of hydrogen-bond donors (Lipinski definition) is 1. The highest BCUT2D eigenvalue weighted by molar-refractivity contribution is 7.98. The van der Waals surface area contributed by atoms with Gasteiger partial charge in [0.15, 0.2) is 0 Å². The molecule has 1 aromatic carbocycles. The molecule has 17 heavy (non-hydrogen) atoms. The number of Topliss-reactive ketones (excluding diaryl/α,β-unsaturated/α-hetero) is 1. The summed E-state index contributed by atoms with van der Waals surface area (Å²) in [6, 6.07) is 8.25. The summed E-state index contributed by atoms with van der Waals surface area (Å²) < 4.78 is 0. The molecule has 2 rings (SSSR count). The average Bonchev–Trinajstić information content (AvgIpc) is 2.77. The number of thioether (sulfide) groups is 1. The third-order valence-electron chi connectivity index (χ3n) is 2.45. The van der Waals surface area contributed by atoms with Crippen molar-refractivity contribution < 1.29 is 4.79 Å². The van der Waals surface area contributed by atoms with Gasteiger partial charge in [-0.15, -0.1) is 11.8 Å². The highest BCUT2D eigenvalue weighted by Crippen LogP contribution is 2.21. The maximum Gasteiger partial charge on any atom is 0.137 e. The lowest BCUT2D eigenvalue weighted by Crippen LogP contribution is -1.97. The number of aromatic amines is 1. The molecule has 0 saturated carbocycles. The van der Waals surface area contributed by atoms with Crippen LogP contribution in [0.1, 0.15) is 12.7 Å². The first-order chi connectivity index (χ1) is 8.19. The Labute approximate surface area is 105 Å². The number of nitrogens with zero attached hydrogens (tertiary/aromatic N) is 1. The number of aromatic nitrogens is 2. The van der Waals surface area contributed by atoms with E-state index in [4.69, 9.17) is 0 Å².